The maximum absolute atomic E-state index is 6.35. The molecule has 2 aliphatic rings. The third kappa shape index (κ3) is 1.75. The fourth-order valence-electron chi connectivity index (χ4n) is 3.16. The Bertz CT molecular complexity index is 439. The predicted molar refractivity (Wildman–Crippen MR) is 69.1 cm³/mol. The van der Waals surface area contributed by atoms with Crippen LogP contribution in [0.4, 0.5) is 0 Å². The van der Waals surface area contributed by atoms with Crippen LogP contribution in [0.3, 0.4) is 0 Å². The number of hydrogen-bond acceptors (Lipinski definition) is 2. The Morgan fingerprint density at radius 2 is 2.18 bits per heavy atom. The fraction of sp³-hybridized carbons (Fsp3) is 0.600. The van der Waals surface area contributed by atoms with Crippen molar-refractivity contribution in [1.82, 2.24) is 0 Å². The highest BCUT2D eigenvalue weighted by Crippen LogP contribution is 2.51. The number of ether oxygens (including phenoxy) is 1. The van der Waals surface area contributed by atoms with E-state index in [-0.39, 0.29) is 11.6 Å². The molecule has 2 N–H and O–H groups in total. The molecule has 0 radical (unpaired) electrons. The van der Waals surface area contributed by atoms with Crippen molar-refractivity contribution in [3.63, 3.8) is 0 Å². The summed E-state index contributed by atoms with van der Waals surface area (Å²) in [6.07, 6.45) is 4.66. The molecule has 0 spiro atoms. The Hall–Kier alpha value is -1.02. The molecule has 0 aromatic heterocycles. The molecule has 1 aliphatic carbocycles. The molecule has 3 rings (SSSR count). The topological polar surface area (TPSA) is 35.2 Å². The van der Waals surface area contributed by atoms with Crippen molar-refractivity contribution < 1.29 is 4.74 Å². The number of rotatable bonds is 2. The number of hydrogen-bond donors (Lipinski definition) is 1. The highest BCUT2D eigenvalue weighted by molar-refractivity contribution is 5.41. The molecule has 0 saturated heterocycles. The molecule has 92 valence electrons. The van der Waals surface area contributed by atoms with Crippen molar-refractivity contribution in [1.29, 1.82) is 0 Å². The van der Waals surface area contributed by atoms with Crippen LogP contribution in [0.15, 0.2) is 18.2 Å². The first kappa shape index (κ1) is 11.1. The van der Waals surface area contributed by atoms with Gasteiger partial charge in [0.15, 0.2) is 0 Å². The van der Waals surface area contributed by atoms with Crippen molar-refractivity contribution in [2.45, 2.75) is 51.2 Å². The van der Waals surface area contributed by atoms with E-state index in [1.807, 2.05) is 0 Å². The molecule has 17 heavy (non-hydrogen) atoms. The van der Waals surface area contributed by atoms with Gasteiger partial charge in [-0.05, 0) is 38.2 Å². The van der Waals surface area contributed by atoms with Crippen molar-refractivity contribution in [2.24, 2.45) is 11.7 Å². The third-order valence-corrected chi connectivity index (χ3v) is 4.36. The van der Waals surface area contributed by atoms with Gasteiger partial charge in [0.2, 0.25) is 0 Å². The van der Waals surface area contributed by atoms with Gasteiger partial charge in [0, 0.05) is 18.0 Å². The standard InChI is InChI=1S/C15H21NO/c1-3-15(11-5-6-11)9-13(16)12-8-10(2)4-7-14(12)17-15/h4,7-8,11,13H,3,5-6,9,16H2,1-2H3. The zero-order valence-electron chi connectivity index (χ0n) is 10.7. The van der Waals surface area contributed by atoms with Gasteiger partial charge in [0.1, 0.15) is 11.4 Å². The lowest BCUT2D eigenvalue weighted by molar-refractivity contribution is 0.0107. The molecule has 1 aliphatic heterocycles. The molecule has 0 bridgehead atoms. The van der Waals surface area contributed by atoms with Crippen LogP contribution in [-0.4, -0.2) is 5.60 Å². The van der Waals surface area contributed by atoms with Crippen molar-refractivity contribution >= 4 is 0 Å². The molecule has 1 heterocycles. The minimum absolute atomic E-state index is 0.0156. The molecule has 2 nitrogen and oxygen atoms in total. The Morgan fingerprint density at radius 3 is 2.82 bits per heavy atom. The largest absolute Gasteiger partial charge is 0.487 e. The first-order chi connectivity index (χ1) is 8.14. The highest BCUT2D eigenvalue weighted by atomic mass is 16.5. The zero-order chi connectivity index (χ0) is 12.0. The van der Waals surface area contributed by atoms with Gasteiger partial charge in [0.05, 0.1) is 0 Å². The van der Waals surface area contributed by atoms with Crippen LogP contribution >= 0.6 is 0 Å². The zero-order valence-corrected chi connectivity index (χ0v) is 10.7. The van der Waals surface area contributed by atoms with Crippen molar-refractivity contribution in [2.75, 3.05) is 0 Å². The second-order valence-electron chi connectivity index (χ2n) is 5.65. The summed E-state index contributed by atoms with van der Waals surface area (Å²) in [5, 5.41) is 0. The summed E-state index contributed by atoms with van der Waals surface area (Å²) in [5.74, 6) is 1.75. The van der Waals surface area contributed by atoms with Gasteiger partial charge in [-0.1, -0.05) is 24.6 Å². The first-order valence-electron chi connectivity index (χ1n) is 6.70. The number of fused-ring (bicyclic) bond motifs is 1. The number of aryl methyl sites for hydroxylation is 1. The minimum atomic E-state index is 0.0156. The maximum Gasteiger partial charge on any atom is 0.124 e. The van der Waals surface area contributed by atoms with Gasteiger partial charge >= 0.3 is 0 Å². The molecule has 0 amide bonds. The van der Waals surface area contributed by atoms with E-state index in [1.165, 1.54) is 24.0 Å². The number of benzene rings is 1. The third-order valence-electron chi connectivity index (χ3n) is 4.36. The molecule has 1 fully saturated rings. The minimum Gasteiger partial charge on any atom is -0.487 e. The summed E-state index contributed by atoms with van der Waals surface area (Å²) in [7, 11) is 0. The van der Waals surface area contributed by atoms with Gasteiger partial charge in [0.25, 0.3) is 0 Å². The summed E-state index contributed by atoms with van der Waals surface area (Å²) in [6.45, 7) is 4.33. The predicted octanol–water partition coefficient (Wildman–Crippen LogP) is 3.34. The quantitative estimate of drug-likeness (QED) is 0.847. The Labute approximate surface area is 103 Å². The van der Waals surface area contributed by atoms with E-state index in [2.05, 4.69) is 32.0 Å². The SMILES string of the molecule is CCC1(C2CC2)CC(N)c2cc(C)ccc2O1. The summed E-state index contributed by atoms with van der Waals surface area (Å²) in [5.41, 5.74) is 8.82. The second kappa shape index (κ2) is 3.74. The molecule has 1 aromatic carbocycles. The van der Waals surface area contributed by atoms with E-state index in [4.69, 9.17) is 10.5 Å². The smallest absolute Gasteiger partial charge is 0.124 e. The highest BCUT2D eigenvalue weighted by Gasteiger charge is 2.49. The van der Waals surface area contributed by atoms with Crippen LogP contribution in [0, 0.1) is 12.8 Å². The van der Waals surface area contributed by atoms with Crippen molar-refractivity contribution in [3.05, 3.63) is 29.3 Å². The van der Waals surface area contributed by atoms with Crippen LogP contribution in [0.2, 0.25) is 0 Å². The normalized spacial score (nSPS) is 31.8. The van der Waals surface area contributed by atoms with Gasteiger partial charge in [-0.3, -0.25) is 0 Å². The average Bonchev–Trinajstić information content (AvgIpc) is 3.14. The Morgan fingerprint density at radius 1 is 1.41 bits per heavy atom. The van der Waals surface area contributed by atoms with E-state index in [1.54, 1.807) is 0 Å². The van der Waals surface area contributed by atoms with Gasteiger partial charge < -0.3 is 10.5 Å². The Balaban J connectivity index is 1.99. The molecule has 2 heteroatoms. The Kier molecular flexibility index (Phi) is 2.44. The summed E-state index contributed by atoms with van der Waals surface area (Å²) in [6, 6.07) is 6.52. The van der Waals surface area contributed by atoms with Crippen LogP contribution in [0.5, 0.6) is 5.75 Å². The first-order valence-corrected chi connectivity index (χ1v) is 6.70. The molecular formula is C15H21NO. The summed E-state index contributed by atoms with van der Waals surface area (Å²) >= 11 is 0. The van der Waals surface area contributed by atoms with Crippen LogP contribution in [0.1, 0.15) is 49.8 Å². The van der Waals surface area contributed by atoms with Gasteiger partial charge in [-0.15, -0.1) is 0 Å². The van der Waals surface area contributed by atoms with E-state index < -0.39 is 0 Å². The molecule has 1 saturated carbocycles. The summed E-state index contributed by atoms with van der Waals surface area (Å²) in [4.78, 5) is 0. The van der Waals surface area contributed by atoms with Crippen molar-refractivity contribution in [3.8, 4) is 5.75 Å². The van der Waals surface area contributed by atoms with Crippen LogP contribution < -0.4 is 10.5 Å². The molecule has 2 atom stereocenters. The lowest BCUT2D eigenvalue weighted by Crippen LogP contribution is -2.44. The van der Waals surface area contributed by atoms with E-state index >= 15 is 0 Å². The molecular weight excluding hydrogens is 210 g/mol. The maximum atomic E-state index is 6.35. The summed E-state index contributed by atoms with van der Waals surface area (Å²) < 4.78 is 6.34. The second-order valence-corrected chi connectivity index (χ2v) is 5.65. The lowest BCUT2D eigenvalue weighted by Gasteiger charge is -2.41. The number of nitrogens with two attached hydrogens (primary N) is 1. The monoisotopic (exact) mass is 231 g/mol. The fourth-order valence-corrected chi connectivity index (χ4v) is 3.16. The average molecular weight is 231 g/mol. The van der Waals surface area contributed by atoms with Gasteiger partial charge in [-0.25, -0.2) is 0 Å². The van der Waals surface area contributed by atoms with E-state index in [0.717, 1.165) is 24.5 Å². The molecule has 2 unspecified atom stereocenters. The van der Waals surface area contributed by atoms with Crippen LogP contribution in [-0.2, 0) is 0 Å². The van der Waals surface area contributed by atoms with E-state index in [9.17, 15) is 0 Å². The molecule has 1 aromatic rings. The lowest BCUT2D eigenvalue weighted by atomic mass is 9.82. The van der Waals surface area contributed by atoms with Gasteiger partial charge in [-0.2, -0.15) is 0 Å². The van der Waals surface area contributed by atoms with Crippen LogP contribution in [0.25, 0.3) is 0 Å². The van der Waals surface area contributed by atoms with E-state index in [0.29, 0.717) is 0 Å².